The molecule has 0 saturated carbocycles. The van der Waals surface area contributed by atoms with Crippen molar-refractivity contribution < 1.29 is 14.3 Å². The standard InChI is InChI=1S/C9H8ClFO2/c1-5-2-7(10)6(3-8(5)11)4-9(12)13/h2-3H,4H2,1H3,(H,12,13). The molecule has 0 radical (unpaired) electrons. The molecule has 70 valence electrons. The SMILES string of the molecule is Cc1cc(Cl)c(CC(=O)O)cc1F. The summed E-state index contributed by atoms with van der Waals surface area (Å²) in [5.74, 6) is -1.45. The Hall–Kier alpha value is -1.09. The van der Waals surface area contributed by atoms with Crippen LogP contribution in [0.25, 0.3) is 0 Å². The number of hydrogen-bond acceptors (Lipinski definition) is 1. The molecular weight excluding hydrogens is 195 g/mol. The van der Waals surface area contributed by atoms with Gasteiger partial charge in [-0.3, -0.25) is 4.79 Å². The molecule has 4 heteroatoms. The Labute approximate surface area is 80.0 Å². The Kier molecular flexibility index (Phi) is 2.88. The largest absolute Gasteiger partial charge is 0.481 e. The van der Waals surface area contributed by atoms with Crippen LogP contribution in [0.15, 0.2) is 12.1 Å². The summed E-state index contributed by atoms with van der Waals surface area (Å²) in [6, 6.07) is 2.58. The maximum atomic E-state index is 13.0. The van der Waals surface area contributed by atoms with Crippen molar-refractivity contribution in [2.24, 2.45) is 0 Å². The van der Waals surface area contributed by atoms with Gasteiger partial charge in [0.25, 0.3) is 0 Å². The third kappa shape index (κ3) is 2.42. The molecule has 0 aliphatic carbocycles. The molecule has 0 spiro atoms. The minimum absolute atomic E-state index is 0.254. The Bertz CT molecular complexity index is 350. The van der Waals surface area contributed by atoms with Crippen molar-refractivity contribution in [1.29, 1.82) is 0 Å². The van der Waals surface area contributed by atoms with E-state index in [9.17, 15) is 9.18 Å². The predicted molar refractivity (Wildman–Crippen MR) is 47.5 cm³/mol. The van der Waals surface area contributed by atoms with Crippen LogP contribution in [0, 0.1) is 12.7 Å². The zero-order chi connectivity index (χ0) is 10.0. The van der Waals surface area contributed by atoms with Crippen LogP contribution in [-0.4, -0.2) is 11.1 Å². The van der Waals surface area contributed by atoms with Gasteiger partial charge in [0.1, 0.15) is 5.82 Å². The Morgan fingerprint density at radius 3 is 2.77 bits per heavy atom. The average Bonchev–Trinajstić information content (AvgIpc) is 1.99. The highest BCUT2D eigenvalue weighted by atomic mass is 35.5. The van der Waals surface area contributed by atoms with Gasteiger partial charge in [0.2, 0.25) is 0 Å². The van der Waals surface area contributed by atoms with Crippen molar-refractivity contribution in [2.75, 3.05) is 0 Å². The first-order valence-electron chi connectivity index (χ1n) is 3.67. The van der Waals surface area contributed by atoms with Gasteiger partial charge in [0.05, 0.1) is 6.42 Å². The highest BCUT2D eigenvalue weighted by Gasteiger charge is 2.08. The van der Waals surface area contributed by atoms with Crippen molar-refractivity contribution >= 4 is 17.6 Å². The number of carboxylic acids is 1. The normalized spacial score (nSPS) is 10.1. The quantitative estimate of drug-likeness (QED) is 0.800. The molecule has 1 rings (SSSR count). The summed E-state index contributed by atoms with van der Waals surface area (Å²) < 4.78 is 13.0. The molecule has 0 bridgehead atoms. The molecule has 0 saturated heterocycles. The number of aliphatic carboxylic acids is 1. The molecule has 2 nitrogen and oxygen atoms in total. The molecule has 0 fully saturated rings. The van der Waals surface area contributed by atoms with E-state index in [1.54, 1.807) is 6.92 Å². The van der Waals surface area contributed by atoms with E-state index in [2.05, 4.69) is 0 Å². The predicted octanol–water partition coefficient (Wildman–Crippen LogP) is 2.41. The van der Waals surface area contributed by atoms with Gasteiger partial charge >= 0.3 is 5.97 Å². The summed E-state index contributed by atoms with van der Waals surface area (Å²) in [4.78, 5) is 10.3. The minimum atomic E-state index is -1.02. The van der Waals surface area contributed by atoms with Crippen molar-refractivity contribution in [1.82, 2.24) is 0 Å². The van der Waals surface area contributed by atoms with Gasteiger partial charge in [-0.25, -0.2) is 4.39 Å². The number of rotatable bonds is 2. The van der Waals surface area contributed by atoms with Crippen LogP contribution in [0.2, 0.25) is 5.02 Å². The van der Waals surface area contributed by atoms with E-state index in [4.69, 9.17) is 16.7 Å². The lowest BCUT2D eigenvalue weighted by Crippen LogP contribution is -2.01. The fraction of sp³-hybridized carbons (Fsp3) is 0.222. The van der Waals surface area contributed by atoms with Gasteiger partial charge < -0.3 is 5.11 Å². The highest BCUT2D eigenvalue weighted by molar-refractivity contribution is 6.31. The van der Waals surface area contributed by atoms with Gasteiger partial charge in [-0.05, 0) is 30.2 Å². The number of aryl methyl sites for hydroxylation is 1. The van der Waals surface area contributed by atoms with Crippen LogP contribution >= 0.6 is 11.6 Å². The van der Waals surface area contributed by atoms with Crippen LogP contribution in [0.1, 0.15) is 11.1 Å². The maximum Gasteiger partial charge on any atom is 0.307 e. The molecule has 13 heavy (non-hydrogen) atoms. The molecule has 1 aromatic carbocycles. The molecule has 0 unspecified atom stereocenters. The van der Waals surface area contributed by atoms with Crippen LogP contribution < -0.4 is 0 Å². The molecule has 1 aromatic rings. The number of halogens is 2. The third-order valence-corrected chi connectivity index (χ3v) is 2.02. The van der Waals surface area contributed by atoms with Crippen molar-refractivity contribution in [3.05, 3.63) is 34.1 Å². The topological polar surface area (TPSA) is 37.3 Å². The molecule has 0 heterocycles. The van der Waals surface area contributed by atoms with E-state index in [0.717, 1.165) is 6.07 Å². The molecule has 0 aliphatic heterocycles. The minimum Gasteiger partial charge on any atom is -0.481 e. The van der Waals surface area contributed by atoms with E-state index < -0.39 is 11.8 Å². The van der Waals surface area contributed by atoms with E-state index in [1.165, 1.54) is 6.07 Å². The highest BCUT2D eigenvalue weighted by Crippen LogP contribution is 2.20. The van der Waals surface area contributed by atoms with Gasteiger partial charge in [0, 0.05) is 5.02 Å². The Morgan fingerprint density at radius 2 is 2.23 bits per heavy atom. The van der Waals surface area contributed by atoms with E-state index in [-0.39, 0.29) is 6.42 Å². The lowest BCUT2D eigenvalue weighted by molar-refractivity contribution is -0.136. The second kappa shape index (κ2) is 3.75. The summed E-state index contributed by atoms with van der Waals surface area (Å²) >= 11 is 5.72. The smallest absolute Gasteiger partial charge is 0.307 e. The van der Waals surface area contributed by atoms with Crippen LogP contribution in [0.3, 0.4) is 0 Å². The average molecular weight is 203 g/mol. The Morgan fingerprint density at radius 1 is 1.62 bits per heavy atom. The molecule has 1 N–H and O–H groups in total. The number of carboxylic acid groups (broad SMARTS) is 1. The fourth-order valence-electron chi connectivity index (χ4n) is 0.986. The summed E-state index contributed by atoms with van der Waals surface area (Å²) in [6.07, 6.45) is -0.254. The Balaban J connectivity index is 3.08. The second-order valence-electron chi connectivity index (χ2n) is 2.76. The third-order valence-electron chi connectivity index (χ3n) is 1.67. The zero-order valence-corrected chi connectivity index (χ0v) is 7.73. The van der Waals surface area contributed by atoms with Crippen LogP contribution in [-0.2, 0) is 11.2 Å². The summed E-state index contributed by atoms with van der Waals surface area (Å²) in [5, 5.41) is 8.76. The molecular formula is C9H8ClFO2. The first-order chi connectivity index (χ1) is 6.00. The summed E-state index contributed by atoms with van der Waals surface area (Å²) in [5.41, 5.74) is 0.719. The van der Waals surface area contributed by atoms with Crippen molar-refractivity contribution in [2.45, 2.75) is 13.3 Å². The molecule has 0 aromatic heterocycles. The van der Waals surface area contributed by atoms with Gasteiger partial charge in [-0.2, -0.15) is 0 Å². The molecule has 0 aliphatic rings. The fourth-order valence-corrected chi connectivity index (χ4v) is 1.27. The van der Waals surface area contributed by atoms with Crippen LogP contribution in [0.4, 0.5) is 4.39 Å². The van der Waals surface area contributed by atoms with E-state index >= 15 is 0 Å². The second-order valence-corrected chi connectivity index (χ2v) is 3.17. The first-order valence-corrected chi connectivity index (χ1v) is 4.05. The lowest BCUT2D eigenvalue weighted by Gasteiger charge is -2.03. The van der Waals surface area contributed by atoms with Crippen LogP contribution in [0.5, 0.6) is 0 Å². The van der Waals surface area contributed by atoms with E-state index in [1.807, 2.05) is 0 Å². The number of hydrogen-bond donors (Lipinski definition) is 1. The van der Waals surface area contributed by atoms with Gasteiger partial charge in [-0.15, -0.1) is 0 Å². The summed E-state index contributed by atoms with van der Waals surface area (Å²) in [7, 11) is 0. The zero-order valence-electron chi connectivity index (χ0n) is 6.97. The molecule has 0 amide bonds. The van der Waals surface area contributed by atoms with Crippen molar-refractivity contribution in [3.8, 4) is 0 Å². The lowest BCUT2D eigenvalue weighted by atomic mass is 10.1. The summed E-state index contributed by atoms with van der Waals surface area (Å²) in [6.45, 7) is 1.58. The maximum absolute atomic E-state index is 13.0. The van der Waals surface area contributed by atoms with Crippen molar-refractivity contribution in [3.63, 3.8) is 0 Å². The first kappa shape index (κ1) is 9.99. The van der Waals surface area contributed by atoms with Gasteiger partial charge in [-0.1, -0.05) is 11.6 Å². The van der Waals surface area contributed by atoms with Gasteiger partial charge in [0.15, 0.2) is 0 Å². The number of benzene rings is 1. The van der Waals surface area contributed by atoms with E-state index in [0.29, 0.717) is 16.1 Å². The molecule has 0 atom stereocenters. The monoisotopic (exact) mass is 202 g/mol. The number of carbonyl (C=O) groups is 1.